The number of ether oxygens (including phenoxy) is 1. The first-order chi connectivity index (χ1) is 9.96. The second-order valence-corrected chi connectivity index (χ2v) is 7.99. The Hall–Kier alpha value is -1.00. The Bertz CT molecular complexity index is 599. The second kappa shape index (κ2) is 6.84. The lowest BCUT2D eigenvalue weighted by Gasteiger charge is -2.12. The minimum Gasteiger partial charge on any atom is -0.364 e. The first kappa shape index (κ1) is 16.4. The van der Waals surface area contributed by atoms with E-state index in [-0.39, 0.29) is 22.8 Å². The fraction of sp³-hybridized carbons (Fsp3) is 0.583. The number of nitrogens with two attached hydrogens (primary N) is 1. The number of nitrogens with one attached hydrogen (secondary N) is 2. The number of hydrogen-bond donors (Lipinski definition) is 3. The maximum Gasteiger partial charge on any atom is 0.249 e. The topological polar surface area (TPSA) is 111 Å². The molecule has 1 fully saturated rings. The maximum absolute atomic E-state index is 11.9. The van der Waals surface area contributed by atoms with Gasteiger partial charge in [-0.1, -0.05) is 0 Å². The third-order valence-electron chi connectivity index (χ3n) is 3.27. The Morgan fingerprint density at radius 2 is 2.24 bits per heavy atom. The highest BCUT2D eigenvalue weighted by Crippen LogP contribution is 2.22. The molecule has 0 spiro atoms. The molecule has 1 amide bonds. The van der Waals surface area contributed by atoms with E-state index in [0.29, 0.717) is 13.0 Å². The molecule has 21 heavy (non-hydrogen) atoms. The van der Waals surface area contributed by atoms with Gasteiger partial charge in [-0.3, -0.25) is 4.79 Å². The molecule has 118 valence electrons. The van der Waals surface area contributed by atoms with E-state index in [1.54, 1.807) is 6.07 Å². The molecule has 0 aromatic carbocycles. The van der Waals surface area contributed by atoms with Gasteiger partial charge in [0.05, 0.1) is 12.6 Å². The third-order valence-corrected chi connectivity index (χ3v) is 6.26. The van der Waals surface area contributed by atoms with Crippen LogP contribution in [0.3, 0.4) is 0 Å². The van der Waals surface area contributed by atoms with Gasteiger partial charge in [0.1, 0.15) is 10.3 Å². The molecule has 0 aliphatic carbocycles. The van der Waals surface area contributed by atoms with Crippen LogP contribution in [-0.2, 0) is 26.1 Å². The Balaban J connectivity index is 1.88. The number of thiophene rings is 1. The normalized spacial score (nSPS) is 22.4. The van der Waals surface area contributed by atoms with E-state index >= 15 is 0 Å². The van der Waals surface area contributed by atoms with Crippen molar-refractivity contribution in [2.45, 2.75) is 35.8 Å². The smallest absolute Gasteiger partial charge is 0.249 e. The molecule has 0 bridgehead atoms. The molecular weight excluding hydrogens is 314 g/mol. The van der Waals surface area contributed by atoms with Gasteiger partial charge in [-0.15, -0.1) is 11.3 Å². The zero-order valence-corrected chi connectivity index (χ0v) is 13.3. The van der Waals surface area contributed by atoms with E-state index in [4.69, 9.17) is 10.5 Å². The Morgan fingerprint density at radius 3 is 2.86 bits per heavy atom. The van der Waals surface area contributed by atoms with Crippen molar-refractivity contribution in [2.75, 3.05) is 13.6 Å². The van der Waals surface area contributed by atoms with Crippen molar-refractivity contribution in [1.82, 2.24) is 10.0 Å². The largest absolute Gasteiger partial charge is 0.364 e. The SMILES string of the molecule is CNS(=O)(=O)c1ccc(CNC(=O)[C@@H]2CC[C@H](CN)O2)s1. The predicted molar refractivity (Wildman–Crippen MR) is 79.4 cm³/mol. The first-order valence-corrected chi connectivity index (χ1v) is 8.91. The standard InChI is InChI=1S/C12H19N3O4S2/c1-14-21(17,18)11-5-3-9(20-11)7-15-12(16)10-4-2-8(6-13)19-10/h3,5,8,10,14H,2,4,6-7,13H2,1H3,(H,15,16)/t8-,10+/m1/s1. The minimum absolute atomic E-state index is 0.0464. The van der Waals surface area contributed by atoms with Gasteiger partial charge < -0.3 is 15.8 Å². The number of carbonyl (C=O) groups excluding carboxylic acids is 1. The van der Waals surface area contributed by atoms with E-state index in [9.17, 15) is 13.2 Å². The fourth-order valence-corrected chi connectivity index (χ4v) is 4.19. The molecule has 1 saturated heterocycles. The summed E-state index contributed by atoms with van der Waals surface area (Å²) in [5.74, 6) is -0.183. The summed E-state index contributed by atoms with van der Waals surface area (Å²) in [5.41, 5.74) is 5.50. The second-order valence-electron chi connectivity index (χ2n) is 4.71. The van der Waals surface area contributed by atoms with Crippen molar-refractivity contribution in [3.63, 3.8) is 0 Å². The summed E-state index contributed by atoms with van der Waals surface area (Å²) in [4.78, 5) is 12.7. The van der Waals surface area contributed by atoms with Crippen LogP contribution in [-0.4, -0.2) is 40.1 Å². The number of rotatable bonds is 6. The summed E-state index contributed by atoms with van der Waals surface area (Å²) < 4.78 is 31.2. The summed E-state index contributed by atoms with van der Waals surface area (Å²) in [5, 5.41) is 2.76. The van der Waals surface area contributed by atoms with Crippen molar-refractivity contribution in [1.29, 1.82) is 0 Å². The van der Waals surface area contributed by atoms with Crippen LogP contribution in [0, 0.1) is 0 Å². The highest BCUT2D eigenvalue weighted by Gasteiger charge is 2.29. The van der Waals surface area contributed by atoms with Crippen molar-refractivity contribution in [3.05, 3.63) is 17.0 Å². The van der Waals surface area contributed by atoms with Crippen LogP contribution in [0.25, 0.3) is 0 Å². The molecule has 0 unspecified atom stereocenters. The molecule has 1 aliphatic heterocycles. The maximum atomic E-state index is 11.9. The van der Waals surface area contributed by atoms with Crippen LogP contribution in [0.2, 0.25) is 0 Å². The van der Waals surface area contributed by atoms with Crippen LogP contribution in [0.5, 0.6) is 0 Å². The quantitative estimate of drug-likeness (QED) is 0.666. The monoisotopic (exact) mass is 333 g/mol. The van der Waals surface area contributed by atoms with Gasteiger partial charge in [0.25, 0.3) is 0 Å². The van der Waals surface area contributed by atoms with E-state index in [2.05, 4.69) is 10.0 Å². The van der Waals surface area contributed by atoms with Crippen molar-refractivity contribution < 1.29 is 17.9 Å². The van der Waals surface area contributed by atoms with E-state index < -0.39 is 16.1 Å². The molecule has 2 heterocycles. The van der Waals surface area contributed by atoms with Gasteiger partial charge in [-0.05, 0) is 32.0 Å². The van der Waals surface area contributed by atoms with Gasteiger partial charge in [-0.25, -0.2) is 13.1 Å². The van der Waals surface area contributed by atoms with Gasteiger partial charge in [-0.2, -0.15) is 0 Å². The van der Waals surface area contributed by atoms with Gasteiger partial charge in [0, 0.05) is 11.4 Å². The minimum atomic E-state index is -3.43. The number of hydrogen-bond acceptors (Lipinski definition) is 6. The fourth-order valence-electron chi connectivity index (χ4n) is 2.06. The van der Waals surface area contributed by atoms with Crippen molar-refractivity contribution >= 4 is 27.3 Å². The predicted octanol–water partition coefficient (Wildman–Crippen LogP) is -0.221. The van der Waals surface area contributed by atoms with E-state index in [0.717, 1.165) is 22.6 Å². The van der Waals surface area contributed by atoms with Crippen LogP contribution in [0.1, 0.15) is 17.7 Å². The lowest BCUT2D eigenvalue weighted by Crippen LogP contribution is -2.34. The van der Waals surface area contributed by atoms with Crippen LogP contribution >= 0.6 is 11.3 Å². The lowest BCUT2D eigenvalue weighted by atomic mass is 10.2. The van der Waals surface area contributed by atoms with E-state index in [1.807, 2.05) is 0 Å². The number of carbonyl (C=O) groups is 1. The lowest BCUT2D eigenvalue weighted by molar-refractivity contribution is -0.132. The number of sulfonamides is 1. The molecular formula is C12H19N3O4S2. The number of amides is 1. The molecule has 2 rings (SSSR count). The summed E-state index contributed by atoms with van der Waals surface area (Å²) in [7, 11) is -2.06. The molecule has 1 aromatic heterocycles. The van der Waals surface area contributed by atoms with E-state index in [1.165, 1.54) is 13.1 Å². The van der Waals surface area contributed by atoms with Crippen LogP contribution < -0.4 is 15.8 Å². The van der Waals surface area contributed by atoms with Crippen molar-refractivity contribution in [3.8, 4) is 0 Å². The molecule has 0 radical (unpaired) electrons. The van der Waals surface area contributed by atoms with Crippen LogP contribution in [0.4, 0.5) is 0 Å². The molecule has 0 saturated carbocycles. The Morgan fingerprint density at radius 1 is 1.48 bits per heavy atom. The van der Waals surface area contributed by atoms with Crippen LogP contribution in [0.15, 0.2) is 16.3 Å². The summed E-state index contributed by atoms with van der Waals surface area (Å²) >= 11 is 1.13. The molecule has 1 aliphatic rings. The Labute approximate surface area is 127 Å². The zero-order valence-electron chi connectivity index (χ0n) is 11.7. The molecule has 4 N–H and O–H groups in total. The first-order valence-electron chi connectivity index (χ1n) is 6.61. The highest BCUT2D eigenvalue weighted by molar-refractivity contribution is 7.91. The summed E-state index contributed by atoms with van der Waals surface area (Å²) in [6, 6.07) is 3.21. The highest BCUT2D eigenvalue weighted by atomic mass is 32.2. The summed E-state index contributed by atoms with van der Waals surface area (Å²) in [6.45, 7) is 0.704. The molecule has 2 atom stereocenters. The summed E-state index contributed by atoms with van der Waals surface area (Å²) in [6.07, 6.45) is 0.948. The van der Waals surface area contributed by atoms with Gasteiger partial charge >= 0.3 is 0 Å². The molecule has 1 aromatic rings. The van der Waals surface area contributed by atoms with Gasteiger partial charge in [0.2, 0.25) is 15.9 Å². The zero-order chi connectivity index (χ0) is 15.5. The average molecular weight is 333 g/mol. The molecule has 7 nitrogen and oxygen atoms in total. The molecule has 9 heteroatoms. The third kappa shape index (κ3) is 4.01. The van der Waals surface area contributed by atoms with Crippen molar-refractivity contribution in [2.24, 2.45) is 5.73 Å². The Kier molecular flexibility index (Phi) is 5.33. The average Bonchev–Trinajstić information content (AvgIpc) is 3.13. The van der Waals surface area contributed by atoms with Gasteiger partial charge in [0.15, 0.2) is 0 Å².